The van der Waals surface area contributed by atoms with Gasteiger partial charge < -0.3 is 5.32 Å². The summed E-state index contributed by atoms with van der Waals surface area (Å²) in [5.74, 6) is -0.546. The number of anilines is 2. The van der Waals surface area contributed by atoms with E-state index in [4.69, 9.17) is 11.6 Å². The van der Waals surface area contributed by atoms with Crippen LogP contribution in [0.25, 0.3) is 0 Å². The first-order valence-corrected chi connectivity index (χ1v) is 11.9. The number of nitrogens with one attached hydrogen (secondary N) is 1. The number of nitrogens with zero attached hydrogens (tertiary/aromatic N) is 2. The molecule has 3 aromatic carbocycles. The average molecular weight is 488 g/mol. The van der Waals surface area contributed by atoms with E-state index < -0.39 is 33.1 Å². The van der Waals surface area contributed by atoms with Gasteiger partial charge in [-0.2, -0.15) is 0 Å². The Morgan fingerprint density at radius 1 is 1.09 bits per heavy atom. The van der Waals surface area contributed by atoms with Gasteiger partial charge >= 0.3 is 0 Å². The van der Waals surface area contributed by atoms with Crippen LogP contribution in [0.1, 0.15) is 18.1 Å². The molecule has 0 aliphatic rings. The molecule has 33 heavy (non-hydrogen) atoms. The van der Waals surface area contributed by atoms with Crippen LogP contribution in [0, 0.1) is 17.0 Å². The maximum atomic E-state index is 13.5. The Hall–Kier alpha value is -3.43. The topological polar surface area (TPSA) is 110 Å². The zero-order chi connectivity index (χ0) is 24.2. The van der Waals surface area contributed by atoms with E-state index in [9.17, 15) is 23.3 Å². The molecule has 0 aromatic heterocycles. The number of hydrogen-bond donors (Lipinski definition) is 1. The van der Waals surface area contributed by atoms with Gasteiger partial charge in [0.1, 0.15) is 11.6 Å². The van der Waals surface area contributed by atoms with Gasteiger partial charge in [0.25, 0.3) is 15.7 Å². The number of nitro groups is 1. The lowest BCUT2D eigenvalue weighted by Crippen LogP contribution is -2.38. The predicted octanol–water partition coefficient (Wildman–Crippen LogP) is 4.95. The van der Waals surface area contributed by atoms with Crippen LogP contribution in [0.5, 0.6) is 0 Å². The average Bonchev–Trinajstić information content (AvgIpc) is 2.79. The van der Waals surface area contributed by atoms with Crippen molar-refractivity contribution in [1.29, 1.82) is 0 Å². The van der Waals surface area contributed by atoms with Crippen LogP contribution in [0.15, 0.2) is 71.6 Å². The minimum Gasteiger partial charge on any atom is -0.324 e. The van der Waals surface area contributed by atoms with E-state index >= 15 is 0 Å². The van der Waals surface area contributed by atoms with E-state index in [2.05, 4.69) is 5.32 Å². The van der Waals surface area contributed by atoms with Crippen LogP contribution < -0.4 is 9.62 Å². The third kappa shape index (κ3) is 5.32. The molecule has 0 bridgehead atoms. The molecule has 0 saturated heterocycles. The molecule has 0 spiro atoms. The first kappa shape index (κ1) is 24.2. The highest BCUT2D eigenvalue weighted by molar-refractivity contribution is 7.92. The second-order valence-electron chi connectivity index (χ2n) is 7.23. The molecule has 0 aliphatic carbocycles. The highest BCUT2D eigenvalue weighted by Gasteiger charge is 2.29. The highest BCUT2D eigenvalue weighted by Crippen LogP contribution is 2.30. The molecule has 0 aliphatic heterocycles. The monoisotopic (exact) mass is 487 g/mol. The molecule has 172 valence electrons. The fourth-order valence-corrected chi connectivity index (χ4v) is 4.97. The largest absolute Gasteiger partial charge is 0.324 e. The normalized spacial score (nSPS) is 11.1. The molecular weight excluding hydrogens is 466 g/mol. The summed E-state index contributed by atoms with van der Waals surface area (Å²) in [4.78, 5) is 23.1. The SMILES string of the molecule is CCc1cccc(C)c1NC(=O)CN(c1ccccc1)S(=O)(=O)c1ccc(Cl)c([N+](=O)[O-])c1. The van der Waals surface area contributed by atoms with Crippen molar-refractivity contribution in [2.45, 2.75) is 25.2 Å². The molecular formula is C23H22ClN3O5S. The summed E-state index contributed by atoms with van der Waals surface area (Å²) in [5.41, 5.74) is 2.11. The molecule has 1 N–H and O–H groups in total. The fraction of sp³-hybridized carbons (Fsp3) is 0.174. The summed E-state index contributed by atoms with van der Waals surface area (Å²) in [7, 11) is -4.33. The van der Waals surface area contributed by atoms with E-state index in [0.717, 1.165) is 27.6 Å². The summed E-state index contributed by atoms with van der Waals surface area (Å²) in [6.45, 7) is 3.28. The van der Waals surface area contributed by atoms with Gasteiger partial charge in [0, 0.05) is 11.8 Å². The summed E-state index contributed by atoms with van der Waals surface area (Å²) in [5, 5.41) is 13.9. The molecule has 0 fully saturated rings. The van der Waals surface area contributed by atoms with Crippen molar-refractivity contribution >= 4 is 44.6 Å². The van der Waals surface area contributed by atoms with E-state index in [1.165, 1.54) is 6.07 Å². The second-order valence-corrected chi connectivity index (χ2v) is 9.50. The molecule has 0 atom stereocenters. The minimum atomic E-state index is -4.33. The number of benzene rings is 3. The first-order valence-electron chi connectivity index (χ1n) is 10.0. The molecule has 0 unspecified atom stereocenters. The number of para-hydroxylation sites is 2. The quantitative estimate of drug-likeness (QED) is 0.357. The smallest absolute Gasteiger partial charge is 0.289 e. The van der Waals surface area contributed by atoms with E-state index in [-0.39, 0.29) is 15.6 Å². The Morgan fingerprint density at radius 3 is 2.42 bits per heavy atom. The molecule has 1 amide bonds. The molecule has 3 rings (SSSR count). The summed E-state index contributed by atoms with van der Waals surface area (Å²) in [6.07, 6.45) is 0.687. The van der Waals surface area contributed by atoms with Crippen molar-refractivity contribution < 1.29 is 18.1 Å². The van der Waals surface area contributed by atoms with E-state index in [1.807, 2.05) is 32.0 Å². The summed E-state index contributed by atoms with van der Waals surface area (Å²) < 4.78 is 27.9. The lowest BCUT2D eigenvalue weighted by Gasteiger charge is -2.24. The number of amides is 1. The first-order chi connectivity index (χ1) is 15.6. The van der Waals surface area contributed by atoms with Crippen LogP contribution >= 0.6 is 11.6 Å². The number of halogens is 1. The van der Waals surface area contributed by atoms with Gasteiger partial charge in [-0.25, -0.2) is 8.42 Å². The third-order valence-electron chi connectivity index (χ3n) is 5.04. The van der Waals surface area contributed by atoms with Crippen molar-refractivity contribution in [3.63, 3.8) is 0 Å². The van der Waals surface area contributed by atoms with Crippen LogP contribution in [0.4, 0.5) is 17.1 Å². The van der Waals surface area contributed by atoms with Crippen LogP contribution in [-0.4, -0.2) is 25.8 Å². The number of hydrogen-bond acceptors (Lipinski definition) is 5. The van der Waals surface area contributed by atoms with Gasteiger partial charge in [-0.15, -0.1) is 0 Å². The molecule has 10 heteroatoms. The van der Waals surface area contributed by atoms with Crippen LogP contribution in [0.3, 0.4) is 0 Å². The molecule has 3 aromatic rings. The van der Waals surface area contributed by atoms with Crippen LogP contribution in [0.2, 0.25) is 5.02 Å². The minimum absolute atomic E-state index is 0.186. The summed E-state index contributed by atoms with van der Waals surface area (Å²) in [6, 6.07) is 16.9. The number of aryl methyl sites for hydroxylation is 2. The van der Waals surface area contributed by atoms with E-state index in [1.54, 1.807) is 30.3 Å². The molecule has 0 radical (unpaired) electrons. The molecule has 8 nitrogen and oxygen atoms in total. The van der Waals surface area contributed by atoms with Gasteiger partial charge in [0.05, 0.1) is 15.5 Å². The van der Waals surface area contributed by atoms with Crippen molar-refractivity contribution in [2.75, 3.05) is 16.2 Å². The van der Waals surface area contributed by atoms with Gasteiger partial charge in [0.15, 0.2) is 0 Å². The van der Waals surface area contributed by atoms with Crippen molar-refractivity contribution in [3.8, 4) is 0 Å². The maximum absolute atomic E-state index is 13.5. The van der Waals surface area contributed by atoms with Gasteiger partial charge in [0.2, 0.25) is 5.91 Å². The Labute approximate surface area is 197 Å². The van der Waals surface area contributed by atoms with Gasteiger partial charge in [-0.3, -0.25) is 19.2 Å². The maximum Gasteiger partial charge on any atom is 0.289 e. The molecule has 0 saturated carbocycles. The zero-order valence-corrected chi connectivity index (χ0v) is 19.6. The number of sulfonamides is 1. The highest BCUT2D eigenvalue weighted by atomic mass is 35.5. The Balaban J connectivity index is 2.01. The Bertz CT molecular complexity index is 1300. The standard InChI is InChI=1S/C23H22ClN3O5S/c1-3-17-9-7-8-16(2)23(17)25-22(28)15-26(18-10-5-4-6-11-18)33(31,32)19-12-13-20(24)21(14-19)27(29)30/h4-14H,3,15H2,1-2H3,(H,25,28). The lowest BCUT2D eigenvalue weighted by molar-refractivity contribution is -0.384. The fourth-order valence-electron chi connectivity index (χ4n) is 3.34. The Morgan fingerprint density at radius 2 is 1.79 bits per heavy atom. The number of nitro benzene ring substituents is 1. The van der Waals surface area contributed by atoms with Gasteiger partial charge in [-0.1, -0.05) is 54.9 Å². The third-order valence-corrected chi connectivity index (χ3v) is 7.13. The lowest BCUT2D eigenvalue weighted by atomic mass is 10.1. The van der Waals surface area contributed by atoms with Crippen LogP contribution in [-0.2, 0) is 21.2 Å². The Kier molecular flexibility index (Phi) is 7.35. The predicted molar refractivity (Wildman–Crippen MR) is 128 cm³/mol. The second kappa shape index (κ2) is 10.0. The number of carbonyl (C=O) groups is 1. The zero-order valence-electron chi connectivity index (χ0n) is 18.0. The van der Waals surface area contributed by atoms with Gasteiger partial charge in [-0.05, 0) is 48.7 Å². The van der Waals surface area contributed by atoms with E-state index in [0.29, 0.717) is 12.1 Å². The van der Waals surface area contributed by atoms with Crippen molar-refractivity contribution in [1.82, 2.24) is 0 Å². The van der Waals surface area contributed by atoms with Crippen molar-refractivity contribution in [3.05, 3.63) is 93.0 Å². The van der Waals surface area contributed by atoms with Crippen molar-refractivity contribution in [2.24, 2.45) is 0 Å². The number of rotatable bonds is 8. The summed E-state index contributed by atoms with van der Waals surface area (Å²) >= 11 is 5.84. The number of carbonyl (C=O) groups excluding carboxylic acids is 1. The molecule has 0 heterocycles.